The van der Waals surface area contributed by atoms with Crippen LogP contribution in [0.3, 0.4) is 0 Å². The number of unbranched alkanes of at least 4 members (excludes halogenated alkanes) is 3. The summed E-state index contributed by atoms with van der Waals surface area (Å²) in [5, 5.41) is 12.6. The summed E-state index contributed by atoms with van der Waals surface area (Å²) in [6, 6.07) is 0. The van der Waals surface area contributed by atoms with Crippen LogP contribution in [0.4, 0.5) is 0 Å². The molecule has 0 aliphatic heterocycles. The molecule has 0 aromatic carbocycles. The number of carboxylic acid groups (broad SMARTS) is 1. The van der Waals surface area contributed by atoms with E-state index in [2.05, 4.69) is 12.2 Å². The zero-order valence-electron chi connectivity index (χ0n) is 11.7. The van der Waals surface area contributed by atoms with Gasteiger partial charge in [-0.1, -0.05) is 33.1 Å². The molecule has 2 N–H and O–H groups in total. The van der Waals surface area contributed by atoms with E-state index in [-0.39, 0.29) is 5.92 Å². The predicted octanol–water partition coefficient (Wildman–Crippen LogP) is 2.43. The minimum absolute atomic E-state index is 0.241. The number of rotatable bonds is 11. The number of nitrogens with one attached hydrogen (secondary N) is 1. The van der Waals surface area contributed by atoms with Crippen LogP contribution in [0, 0.1) is 5.92 Å². The van der Waals surface area contributed by atoms with Gasteiger partial charge in [-0.05, 0) is 31.7 Å². The van der Waals surface area contributed by atoms with Crippen LogP contribution in [0.5, 0.6) is 0 Å². The second-order valence-electron chi connectivity index (χ2n) is 5.19. The van der Waals surface area contributed by atoms with Gasteiger partial charge in [0, 0.05) is 6.61 Å². The van der Waals surface area contributed by atoms with Gasteiger partial charge in [0.2, 0.25) is 0 Å². The second-order valence-corrected chi connectivity index (χ2v) is 5.19. The molecule has 4 nitrogen and oxygen atoms in total. The largest absolute Gasteiger partial charge is 0.480 e. The lowest BCUT2D eigenvalue weighted by molar-refractivity contribution is -0.149. The molecule has 0 amide bonds. The lowest BCUT2D eigenvalue weighted by atomic mass is 9.94. The topological polar surface area (TPSA) is 58.6 Å². The molecule has 1 atom stereocenters. The third-order valence-electron chi connectivity index (χ3n) is 3.62. The Balaban J connectivity index is 2.34. The van der Waals surface area contributed by atoms with Gasteiger partial charge in [0.1, 0.15) is 5.54 Å². The Bertz CT molecular complexity index is 253. The van der Waals surface area contributed by atoms with Crippen molar-refractivity contribution in [3.05, 3.63) is 0 Å². The first-order valence-electron chi connectivity index (χ1n) is 7.23. The van der Waals surface area contributed by atoms with Crippen molar-refractivity contribution in [1.29, 1.82) is 0 Å². The number of carbonyl (C=O) groups is 1. The van der Waals surface area contributed by atoms with Crippen molar-refractivity contribution in [3.8, 4) is 0 Å². The number of hydrogen-bond donors (Lipinski definition) is 2. The van der Waals surface area contributed by atoms with Crippen molar-refractivity contribution in [2.75, 3.05) is 19.8 Å². The Morgan fingerprint density at radius 3 is 2.56 bits per heavy atom. The fourth-order valence-electron chi connectivity index (χ4n) is 2.38. The maximum absolute atomic E-state index is 11.5. The Labute approximate surface area is 110 Å². The first kappa shape index (κ1) is 15.4. The third-order valence-corrected chi connectivity index (χ3v) is 3.62. The van der Waals surface area contributed by atoms with Crippen LogP contribution in [-0.4, -0.2) is 36.4 Å². The van der Waals surface area contributed by atoms with Gasteiger partial charge in [-0.15, -0.1) is 0 Å². The normalized spacial score (nSPS) is 18.6. The molecule has 1 fully saturated rings. The van der Waals surface area contributed by atoms with Gasteiger partial charge in [0.15, 0.2) is 0 Å². The SMILES string of the molecule is CCCCCCOCC(NCC)(C(=O)O)C1CC1. The highest BCUT2D eigenvalue weighted by Crippen LogP contribution is 2.40. The second kappa shape index (κ2) is 7.74. The number of hydrogen-bond acceptors (Lipinski definition) is 3. The molecule has 1 aliphatic carbocycles. The molecule has 0 heterocycles. The van der Waals surface area contributed by atoms with E-state index < -0.39 is 11.5 Å². The molecule has 0 aromatic rings. The molecule has 1 saturated carbocycles. The zero-order valence-corrected chi connectivity index (χ0v) is 11.7. The molecule has 1 unspecified atom stereocenters. The van der Waals surface area contributed by atoms with Crippen LogP contribution in [0.2, 0.25) is 0 Å². The van der Waals surface area contributed by atoms with E-state index in [0.717, 1.165) is 19.3 Å². The van der Waals surface area contributed by atoms with Gasteiger partial charge >= 0.3 is 5.97 Å². The average Bonchev–Trinajstić information content (AvgIpc) is 3.16. The fraction of sp³-hybridized carbons (Fsp3) is 0.929. The van der Waals surface area contributed by atoms with E-state index in [1.54, 1.807) is 0 Å². The molecule has 0 aromatic heterocycles. The van der Waals surface area contributed by atoms with E-state index in [1.807, 2.05) is 6.92 Å². The summed E-state index contributed by atoms with van der Waals surface area (Å²) >= 11 is 0. The van der Waals surface area contributed by atoms with Crippen LogP contribution < -0.4 is 5.32 Å². The van der Waals surface area contributed by atoms with Gasteiger partial charge in [-0.2, -0.15) is 0 Å². The highest BCUT2D eigenvalue weighted by Gasteiger charge is 2.51. The van der Waals surface area contributed by atoms with Crippen LogP contribution in [0.1, 0.15) is 52.4 Å². The van der Waals surface area contributed by atoms with Gasteiger partial charge in [0.25, 0.3) is 0 Å². The van der Waals surface area contributed by atoms with Crippen molar-refractivity contribution in [3.63, 3.8) is 0 Å². The molecule has 0 radical (unpaired) electrons. The van der Waals surface area contributed by atoms with E-state index in [4.69, 9.17) is 4.74 Å². The zero-order chi connectivity index (χ0) is 13.4. The quantitative estimate of drug-likeness (QED) is 0.558. The Morgan fingerprint density at radius 1 is 1.33 bits per heavy atom. The van der Waals surface area contributed by atoms with Crippen molar-refractivity contribution >= 4 is 5.97 Å². The smallest absolute Gasteiger partial charge is 0.326 e. The molecule has 1 aliphatic rings. The van der Waals surface area contributed by atoms with E-state index in [0.29, 0.717) is 19.8 Å². The maximum Gasteiger partial charge on any atom is 0.326 e. The Hall–Kier alpha value is -0.610. The summed E-state index contributed by atoms with van der Waals surface area (Å²) in [4.78, 5) is 11.5. The van der Waals surface area contributed by atoms with E-state index in [9.17, 15) is 9.90 Å². The van der Waals surface area contributed by atoms with E-state index >= 15 is 0 Å². The Morgan fingerprint density at radius 2 is 2.06 bits per heavy atom. The molecular weight excluding hydrogens is 230 g/mol. The number of carboxylic acids is 1. The van der Waals surface area contributed by atoms with Gasteiger partial charge in [0.05, 0.1) is 6.61 Å². The molecule has 0 spiro atoms. The van der Waals surface area contributed by atoms with Gasteiger partial charge in [-0.25, -0.2) is 0 Å². The monoisotopic (exact) mass is 257 g/mol. The van der Waals surface area contributed by atoms with Gasteiger partial charge < -0.3 is 9.84 Å². The highest BCUT2D eigenvalue weighted by molar-refractivity contribution is 5.80. The summed E-state index contributed by atoms with van der Waals surface area (Å²) in [6.07, 6.45) is 6.63. The van der Waals surface area contributed by atoms with Crippen molar-refractivity contribution in [1.82, 2.24) is 5.32 Å². The lowest BCUT2D eigenvalue weighted by Crippen LogP contribution is -2.57. The third kappa shape index (κ3) is 4.25. The first-order valence-corrected chi connectivity index (χ1v) is 7.23. The summed E-state index contributed by atoms with van der Waals surface area (Å²) in [5.41, 5.74) is -0.848. The predicted molar refractivity (Wildman–Crippen MR) is 71.7 cm³/mol. The summed E-state index contributed by atoms with van der Waals surface area (Å²) in [7, 11) is 0. The summed E-state index contributed by atoms with van der Waals surface area (Å²) in [6.45, 7) is 5.76. The minimum atomic E-state index is -0.848. The van der Waals surface area contributed by atoms with Crippen molar-refractivity contribution in [2.24, 2.45) is 5.92 Å². The van der Waals surface area contributed by atoms with Crippen LogP contribution >= 0.6 is 0 Å². The highest BCUT2D eigenvalue weighted by atomic mass is 16.5. The maximum atomic E-state index is 11.5. The van der Waals surface area contributed by atoms with Crippen molar-refractivity contribution in [2.45, 2.75) is 57.9 Å². The standard InChI is InChI=1S/C14H27NO3/c1-3-5-6-7-10-18-11-14(13(16)17,15-4-2)12-8-9-12/h12,15H,3-11H2,1-2H3,(H,16,17). The summed E-state index contributed by atoms with van der Waals surface area (Å²) in [5.74, 6) is -0.522. The van der Waals surface area contributed by atoms with E-state index in [1.165, 1.54) is 19.3 Å². The first-order chi connectivity index (χ1) is 8.67. The molecular formula is C14H27NO3. The van der Waals surface area contributed by atoms with Crippen molar-refractivity contribution < 1.29 is 14.6 Å². The van der Waals surface area contributed by atoms with Gasteiger partial charge in [-0.3, -0.25) is 10.1 Å². The number of ether oxygens (including phenoxy) is 1. The number of aliphatic carboxylic acids is 1. The average molecular weight is 257 g/mol. The fourth-order valence-corrected chi connectivity index (χ4v) is 2.38. The number of likely N-dealkylation sites (N-methyl/N-ethyl adjacent to an activating group) is 1. The molecule has 106 valence electrons. The van der Waals surface area contributed by atoms with Crippen LogP contribution in [-0.2, 0) is 9.53 Å². The molecule has 0 bridgehead atoms. The van der Waals surface area contributed by atoms with Crippen LogP contribution in [0.15, 0.2) is 0 Å². The molecule has 18 heavy (non-hydrogen) atoms. The van der Waals surface area contributed by atoms with Crippen LogP contribution in [0.25, 0.3) is 0 Å². The molecule has 1 rings (SSSR count). The minimum Gasteiger partial charge on any atom is -0.480 e. The molecule has 0 saturated heterocycles. The Kier molecular flexibility index (Phi) is 6.65. The summed E-state index contributed by atoms with van der Waals surface area (Å²) < 4.78 is 5.62. The molecule has 4 heteroatoms. The lowest BCUT2D eigenvalue weighted by Gasteiger charge is -2.30.